The van der Waals surface area contributed by atoms with Crippen molar-refractivity contribution in [2.75, 3.05) is 5.43 Å². The van der Waals surface area contributed by atoms with Gasteiger partial charge in [0.15, 0.2) is 0 Å². The van der Waals surface area contributed by atoms with Gasteiger partial charge in [-0.05, 0) is 6.92 Å². The molecule has 0 aromatic carbocycles. The van der Waals surface area contributed by atoms with Crippen LogP contribution in [-0.2, 0) is 0 Å². The van der Waals surface area contributed by atoms with E-state index < -0.39 is 0 Å². The third kappa shape index (κ3) is 3.22. The minimum atomic E-state index is 0. The number of nitrogens with two attached hydrogens (primary N) is 1. The van der Waals surface area contributed by atoms with Crippen molar-refractivity contribution in [2.24, 2.45) is 5.84 Å². The van der Waals surface area contributed by atoms with E-state index in [1.165, 1.54) is 0 Å². The van der Waals surface area contributed by atoms with E-state index in [2.05, 4.69) is 10.4 Å². The first-order valence-electron chi connectivity index (χ1n) is 2.22. The number of nitrogens with one attached hydrogen (secondary N) is 1. The van der Waals surface area contributed by atoms with Crippen molar-refractivity contribution in [3.8, 4) is 0 Å². The maximum Gasteiger partial charge on any atom is 0.123 e. The molecule has 0 unspecified atom stereocenters. The zero-order valence-electron chi connectivity index (χ0n) is 5.33. The van der Waals surface area contributed by atoms with Gasteiger partial charge in [-0.3, -0.25) is 0 Å². The van der Waals surface area contributed by atoms with Crippen LogP contribution in [0.1, 0.15) is 5.01 Å². The highest BCUT2D eigenvalue weighted by Crippen LogP contribution is 2.14. The highest BCUT2D eigenvalue weighted by molar-refractivity contribution is 7.15. The Morgan fingerprint density at radius 1 is 1.60 bits per heavy atom. The predicted molar refractivity (Wildman–Crippen MR) is 49.2 cm³/mol. The summed E-state index contributed by atoms with van der Waals surface area (Å²) in [6, 6.07) is 0. The second-order valence-corrected chi connectivity index (χ2v) is 2.62. The summed E-state index contributed by atoms with van der Waals surface area (Å²) in [6.07, 6.45) is 1.71. The molecule has 0 bridgehead atoms. The van der Waals surface area contributed by atoms with Crippen molar-refractivity contribution in [1.82, 2.24) is 4.98 Å². The summed E-state index contributed by atoms with van der Waals surface area (Å²) in [5, 5.41) is 1.93. The fourth-order valence-corrected chi connectivity index (χ4v) is 1.02. The summed E-state index contributed by atoms with van der Waals surface area (Å²) in [5.41, 5.74) is 2.50. The number of rotatable bonds is 1. The smallest absolute Gasteiger partial charge is 0.123 e. The molecule has 3 N–H and O–H groups in total. The lowest BCUT2D eigenvalue weighted by Gasteiger charge is -1.85. The summed E-state index contributed by atoms with van der Waals surface area (Å²) >= 11 is 1.54. The molecule has 3 nitrogen and oxygen atoms in total. The Labute approximate surface area is 75.8 Å². The van der Waals surface area contributed by atoms with Gasteiger partial charge in [0.25, 0.3) is 0 Å². The summed E-state index contributed by atoms with van der Waals surface area (Å²) in [4.78, 5) is 3.96. The minimum Gasteiger partial charge on any atom is -0.314 e. The molecule has 0 saturated carbocycles. The summed E-state index contributed by atoms with van der Waals surface area (Å²) in [5.74, 6) is 5.08. The van der Waals surface area contributed by atoms with Crippen LogP contribution in [-0.4, -0.2) is 4.98 Å². The summed E-state index contributed by atoms with van der Waals surface area (Å²) < 4.78 is 0. The van der Waals surface area contributed by atoms with Gasteiger partial charge in [-0.25, -0.2) is 10.8 Å². The van der Waals surface area contributed by atoms with E-state index in [9.17, 15) is 0 Å². The zero-order chi connectivity index (χ0) is 5.98. The number of hydrogen-bond acceptors (Lipinski definition) is 4. The van der Waals surface area contributed by atoms with Crippen molar-refractivity contribution in [3.05, 3.63) is 11.2 Å². The Balaban J connectivity index is 0. The first-order chi connectivity index (χ1) is 3.83. The normalized spacial score (nSPS) is 7.40. The second-order valence-electron chi connectivity index (χ2n) is 1.39. The van der Waals surface area contributed by atoms with E-state index in [1.807, 2.05) is 6.92 Å². The van der Waals surface area contributed by atoms with Gasteiger partial charge in [0, 0.05) is 0 Å². The Hall–Kier alpha value is -0.0300. The quantitative estimate of drug-likeness (QED) is 0.537. The highest BCUT2D eigenvalue weighted by Gasteiger charge is 1.90. The largest absolute Gasteiger partial charge is 0.314 e. The average Bonchev–Trinajstić information content (AvgIpc) is 2.14. The number of anilines is 1. The van der Waals surface area contributed by atoms with Gasteiger partial charge in [0.2, 0.25) is 0 Å². The Morgan fingerprint density at radius 2 is 2.20 bits per heavy atom. The van der Waals surface area contributed by atoms with Crippen LogP contribution in [0, 0.1) is 6.92 Å². The first-order valence-corrected chi connectivity index (χ1v) is 3.03. The van der Waals surface area contributed by atoms with Crippen molar-refractivity contribution >= 4 is 41.2 Å². The van der Waals surface area contributed by atoms with Crippen molar-refractivity contribution < 1.29 is 0 Å². The van der Waals surface area contributed by atoms with Gasteiger partial charge in [-0.1, -0.05) is 0 Å². The lowest BCUT2D eigenvalue weighted by atomic mass is 10.8. The van der Waals surface area contributed by atoms with Crippen LogP contribution in [0.15, 0.2) is 6.20 Å². The van der Waals surface area contributed by atoms with Gasteiger partial charge in [0.1, 0.15) is 5.00 Å². The monoisotopic (exact) mass is 201 g/mol. The number of aromatic nitrogens is 1. The Bertz CT molecular complexity index is 179. The van der Waals surface area contributed by atoms with E-state index in [-0.39, 0.29) is 24.8 Å². The number of aryl methyl sites for hydroxylation is 1. The fraction of sp³-hybridized carbons (Fsp3) is 0.250. The Kier molecular flexibility index (Phi) is 7.24. The molecule has 0 aliphatic heterocycles. The third-order valence-corrected chi connectivity index (χ3v) is 1.61. The van der Waals surface area contributed by atoms with Crippen molar-refractivity contribution in [1.29, 1.82) is 0 Å². The molecule has 0 spiro atoms. The van der Waals surface area contributed by atoms with E-state index in [0.717, 1.165) is 10.0 Å². The predicted octanol–water partition coefficient (Wildman–Crippen LogP) is 1.58. The lowest BCUT2D eigenvalue weighted by molar-refractivity contribution is 1.28. The van der Waals surface area contributed by atoms with Gasteiger partial charge in [-0.2, -0.15) is 0 Å². The van der Waals surface area contributed by atoms with Gasteiger partial charge < -0.3 is 5.43 Å². The molecule has 0 fully saturated rings. The molecular formula is C4H9Cl2N3S. The summed E-state index contributed by atoms with van der Waals surface area (Å²) in [7, 11) is 0. The van der Waals surface area contributed by atoms with Gasteiger partial charge in [0.05, 0.1) is 11.2 Å². The molecule has 0 saturated heterocycles. The van der Waals surface area contributed by atoms with Gasteiger partial charge >= 0.3 is 0 Å². The van der Waals surface area contributed by atoms with Crippen LogP contribution in [0.5, 0.6) is 0 Å². The Morgan fingerprint density at radius 3 is 2.40 bits per heavy atom. The maximum atomic E-state index is 5.08. The number of nitrogen functional groups attached to an aromatic ring is 1. The SMILES string of the molecule is Cc1ncc(NN)s1.Cl.Cl. The van der Waals surface area contributed by atoms with E-state index in [1.54, 1.807) is 17.5 Å². The molecule has 0 radical (unpaired) electrons. The van der Waals surface area contributed by atoms with E-state index >= 15 is 0 Å². The van der Waals surface area contributed by atoms with Crippen LogP contribution in [0.3, 0.4) is 0 Å². The van der Waals surface area contributed by atoms with E-state index in [4.69, 9.17) is 5.84 Å². The van der Waals surface area contributed by atoms with Crippen molar-refractivity contribution in [2.45, 2.75) is 6.92 Å². The molecule has 1 heterocycles. The molecule has 0 aliphatic rings. The molecule has 10 heavy (non-hydrogen) atoms. The molecule has 6 heteroatoms. The summed E-state index contributed by atoms with van der Waals surface area (Å²) in [6.45, 7) is 1.94. The fourth-order valence-electron chi connectivity index (χ4n) is 0.428. The number of hydrogen-bond donors (Lipinski definition) is 2. The molecular weight excluding hydrogens is 193 g/mol. The van der Waals surface area contributed by atoms with Gasteiger partial charge in [-0.15, -0.1) is 36.2 Å². The van der Waals surface area contributed by atoms with Crippen LogP contribution >= 0.6 is 36.2 Å². The third-order valence-electron chi connectivity index (χ3n) is 0.764. The number of halogens is 2. The van der Waals surface area contributed by atoms with Crippen LogP contribution in [0.4, 0.5) is 5.00 Å². The molecule has 1 aromatic heterocycles. The van der Waals surface area contributed by atoms with Crippen LogP contribution < -0.4 is 11.3 Å². The molecule has 1 aromatic rings. The van der Waals surface area contributed by atoms with Crippen molar-refractivity contribution in [3.63, 3.8) is 0 Å². The molecule has 0 atom stereocenters. The number of hydrazine groups is 1. The first kappa shape index (κ1) is 12.6. The van der Waals surface area contributed by atoms with Crippen LogP contribution in [0.25, 0.3) is 0 Å². The maximum absolute atomic E-state index is 5.08. The molecule has 0 amide bonds. The minimum absolute atomic E-state index is 0. The van der Waals surface area contributed by atoms with Crippen LogP contribution in [0.2, 0.25) is 0 Å². The lowest BCUT2D eigenvalue weighted by Crippen LogP contribution is -2.04. The standard InChI is InChI=1S/C4H7N3S.2ClH/c1-3-6-2-4(7-5)8-3;;/h2,7H,5H2,1H3;2*1H. The average molecular weight is 202 g/mol. The zero-order valence-corrected chi connectivity index (χ0v) is 7.78. The molecule has 1 rings (SSSR count). The highest BCUT2D eigenvalue weighted by atomic mass is 35.5. The number of nitrogens with zero attached hydrogens (tertiary/aromatic N) is 1. The van der Waals surface area contributed by atoms with E-state index in [0.29, 0.717) is 0 Å². The number of thiazole rings is 1. The second kappa shape index (κ2) is 5.73. The topological polar surface area (TPSA) is 50.9 Å². The molecule has 60 valence electrons. The molecule has 0 aliphatic carbocycles.